The number of nitrogens with zero attached hydrogens (tertiary/aromatic N) is 3. The van der Waals surface area contributed by atoms with Crippen molar-refractivity contribution in [3.05, 3.63) is 45.8 Å². The number of hydrogen-bond acceptors (Lipinski definition) is 4. The third kappa shape index (κ3) is 3.55. The molecule has 1 aliphatic rings. The molecule has 1 aliphatic heterocycles. The monoisotopic (exact) mass is 329 g/mol. The summed E-state index contributed by atoms with van der Waals surface area (Å²) >= 11 is 1.71. The summed E-state index contributed by atoms with van der Waals surface area (Å²) < 4.78 is 0. The van der Waals surface area contributed by atoms with Crippen molar-refractivity contribution in [1.82, 2.24) is 9.88 Å². The molecule has 0 radical (unpaired) electrons. The van der Waals surface area contributed by atoms with E-state index in [1.807, 2.05) is 36.2 Å². The van der Waals surface area contributed by atoms with Crippen LogP contribution in [-0.4, -0.2) is 36.4 Å². The first-order valence-electron chi connectivity index (χ1n) is 8.02. The smallest absolute Gasteiger partial charge is 0.228 e. The number of aryl methyl sites for hydroxylation is 1. The quantitative estimate of drug-likeness (QED) is 0.862. The maximum Gasteiger partial charge on any atom is 0.228 e. The molecule has 23 heavy (non-hydrogen) atoms. The van der Waals surface area contributed by atoms with E-state index in [1.165, 1.54) is 10.4 Å². The molecular weight excluding hydrogens is 306 g/mol. The van der Waals surface area contributed by atoms with Gasteiger partial charge in [-0.2, -0.15) is 0 Å². The highest BCUT2D eigenvalue weighted by Gasteiger charge is 2.30. The summed E-state index contributed by atoms with van der Waals surface area (Å²) in [5, 5.41) is 0. The van der Waals surface area contributed by atoms with Crippen LogP contribution in [0.2, 0.25) is 0 Å². The molecule has 122 valence electrons. The number of hydrogen-bond donors (Lipinski definition) is 0. The molecule has 1 amide bonds. The first-order chi connectivity index (χ1) is 11.0. The van der Waals surface area contributed by atoms with Crippen LogP contribution in [-0.2, 0) is 11.2 Å². The average Bonchev–Trinajstić information content (AvgIpc) is 3.16. The molecule has 0 aromatic carbocycles. The molecule has 1 saturated heterocycles. The Balaban J connectivity index is 1.77. The summed E-state index contributed by atoms with van der Waals surface area (Å²) in [5.41, 5.74) is 1.19. The molecule has 0 unspecified atom stereocenters. The Morgan fingerprint density at radius 2 is 2.22 bits per heavy atom. The predicted octanol–water partition coefficient (Wildman–Crippen LogP) is 3.42. The van der Waals surface area contributed by atoms with Crippen molar-refractivity contribution < 1.29 is 4.79 Å². The van der Waals surface area contributed by atoms with Gasteiger partial charge in [-0.15, -0.1) is 11.3 Å². The van der Waals surface area contributed by atoms with Crippen LogP contribution in [0.3, 0.4) is 0 Å². The minimum absolute atomic E-state index is 0.185. The van der Waals surface area contributed by atoms with Crippen LogP contribution in [0.25, 0.3) is 0 Å². The number of anilines is 1. The van der Waals surface area contributed by atoms with Gasteiger partial charge >= 0.3 is 0 Å². The second kappa shape index (κ2) is 6.71. The zero-order chi connectivity index (χ0) is 16.4. The van der Waals surface area contributed by atoms with E-state index in [4.69, 9.17) is 0 Å². The standard InChI is InChI=1S/C18H23N3OS/c1-13-6-7-15(23-13)12-18(22)21-10-4-5-16(21)14-8-9-19-17(11-14)20(2)3/h6-9,11,16H,4-5,10,12H2,1-3H3/t16-/m0/s1. The number of likely N-dealkylation sites (tertiary alicyclic amines) is 1. The van der Waals surface area contributed by atoms with Gasteiger partial charge in [0.1, 0.15) is 5.82 Å². The number of pyridine rings is 1. The molecule has 3 heterocycles. The van der Waals surface area contributed by atoms with Crippen molar-refractivity contribution in [2.75, 3.05) is 25.5 Å². The van der Waals surface area contributed by atoms with E-state index < -0.39 is 0 Å². The minimum Gasteiger partial charge on any atom is -0.363 e. The molecule has 2 aromatic rings. The van der Waals surface area contributed by atoms with Crippen LogP contribution >= 0.6 is 11.3 Å². The number of thiophene rings is 1. The topological polar surface area (TPSA) is 36.4 Å². The highest BCUT2D eigenvalue weighted by molar-refractivity contribution is 7.12. The van der Waals surface area contributed by atoms with Gasteiger partial charge in [-0.05, 0) is 49.6 Å². The largest absolute Gasteiger partial charge is 0.363 e. The predicted molar refractivity (Wildman–Crippen MR) is 95.0 cm³/mol. The van der Waals surface area contributed by atoms with E-state index in [-0.39, 0.29) is 11.9 Å². The Morgan fingerprint density at radius 1 is 1.39 bits per heavy atom. The van der Waals surface area contributed by atoms with E-state index in [9.17, 15) is 4.79 Å². The van der Waals surface area contributed by atoms with Crippen molar-refractivity contribution in [2.24, 2.45) is 0 Å². The molecule has 1 fully saturated rings. The van der Waals surface area contributed by atoms with Crippen molar-refractivity contribution in [3.8, 4) is 0 Å². The van der Waals surface area contributed by atoms with E-state index >= 15 is 0 Å². The molecule has 0 N–H and O–H groups in total. The zero-order valence-electron chi connectivity index (χ0n) is 14.0. The van der Waals surface area contributed by atoms with E-state index in [2.05, 4.69) is 30.1 Å². The third-order valence-corrected chi connectivity index (χ3v) is 5.31. The normalized spacial score (nSPS) is 17.5. The minimum atomic E-state index is 0.185. The lowest BCUT2D eigenvalue weighted by atomic mass is 10.1. The summed E-state index contributed by atoms with van der Waals surface area (Å²) in [5.74, 6) is 1.17. The van der Waals surface area contributed by atoms with Gasteiger partial charge in [-0.25, -0.2) is 4.98 Å². The highest BCUT2D eigenvalue weighted by Crippen LogP contribution is 2.33. The summed E-state index contributed by atoms with van der Waals surface area (Å²) in [6.07, 6.45) is 4.46. The lowest BCUT2D eigenvalue weighted by Crippen LogP contribution is -2.31. The molecular formula is C18H23N3OS. The third-order valence-electron chi connectivity index (χ3n) is 4.31. The summed E-state index contributed by atoms with van der Waals surface area (Å²) in [6.45, 7) is 2.94. The van der Waals surface area contributed by atoms with E-state index in [0.29, 0.717) is 6.42 Å². The number of carbonyl (C=O) groups is 1. The Kier molecular flexibility index (Phi) is 4.66. The van der Waals surface area contributed by atoms with Gasteiger partial charge in [0, 0.05) is 36.6 Å². The van der Waals surface area contributed by atoms with Crippen molar-refractivity contribution in [3.63, 3.8) is 0 Å². The molecule has 0 bridgehead atoms. The van der Waals surface area contributed by atoms with E-state index in [1.54, 1.807) is 11.3 Å². The van der Waals surface area contributed by atoms with Crippen molar-refractivity contribution in [1.29, 1.82) is 0 Å². The molecule has 0 aliphatic carbocycles. The van der Waals surface area contributed by atoms with Crippen LogP contribution < -0.4 is 4.90 Å². The second-order valence-electron chi connectivity index (χ2n) is 6.28. The zero-order valence-corrected chi connectivity index (χ0v) is 14.8. The lowest BCUT2D eigenvalue weighted by Gasteiger charge is -2.25. The van der Waals surface area contributed by atoms with Crippen molar-refractivity contribution in [2.45, 2.75) is 32.2 Å². The van der Waals surface area contributed by atoms with Crippen LogP contribution in [0.15, 0.2) is 30.5 Å². The highest BCUT2D eigenvalue weighted by atomic mass is 32.1. The van der Waals surface area contributed by atoms with Crippen molar-refractivity contribution >= 4 is 23.1 Å². The molecule has 0 spiro atoms. The van der Waals surface area contributed by atoms with Gasteiger partial charge in [0.2, 0.25) is 5.91 Å². The number of carbonyl (C=O) groups excluding carboxylic acids is 1. The molecule has 5 heteroatoms. The van der Waals surface area contributed by atoms with Gasteiger partial charge in [-0.3, -0.25) is 4.79 Å². The van der Waals surface area contributed by atoms with Gasteiger partial charge in [0.15, 0.2) is 0 Å². The fraction of sp³-hybridized carbons (Fsp3) is 0.444. The number of aromatic nitrogens is 1. The Morgan fingerprint density at radius 3 is 2.91 bits per heavy atom. The fourth-order valence-corrected chi connectivity index (χ4v) is 4.01. The van der Waals surface area contributed by atoms with Gasteiger partial charge in [-0.1, -0.05) is 0 Å². The molecule has 2 aromatic heterocycles. The number of amides is 1. The van der Waals surface area contributed by atoms with Gasteiger partial charge < -0.3 is 9.80 Å². The fourth-order valence-electron chi connectivity index (χ4n) is 3.13. The summed E-state index contributed by atoms with van der Waals surface area (Å²) in [6, 6.07) is 8.48. The van der Waals surface area contributed by atoms with E-state index in [0.717, 1.165) is 30.1 Å². The summed E-state index contributed by atoms with van der Waals surface area (Å²) in [7, 11) is 3.98. The molecule has 3 rings (SSSR count). The molecule has 4 nitrogen and oxygen atoms in total. The second-order valence-corrected chi connectivity index (χ2v) is 7.65. The Hall–Kier alpha value is -1.88. The maximum atomic E-state index is 12.7. The molecule has 1 atom stereocenters. The molecule has 0 saturated carbocycles. The Bertz CT molecular complexity index is 695. The maximum absolute atomic E-state index is 12.7. The average molecular weight is 329 g/mol. The van der Waals surface area contributed by atoms with Crippen LogP contribution in [0.5, 0.6) is 0 Å². The van der Waals surface area contributed by atoms with Crippen LogP contribution in [0.4, 0.5) is 5.82 Å². The van der Waals surface area contributed by atoms with Gasteiger partial charge in [0.25, 0.3) is 0 Å². The first-order valence-corrected chi connectivity index (χ1v) is 8.84. The summed E-state index contributed by atoms with van der Waals surface area (Å²) in [4.78, 5) is 23.6. The number of rotatable bonds is 4. The lowest BCUT2D eigenvalue weighted by molar-refractivity contribution is -0.131. The van der Waals surface area contributed by atoms with Gasteiger partial charge in [0.05, 0.1) is 12.5 Å². The van der Waals surface area contributed by atoms with Crippen LogP contribution in [0, 0.1) is 6.92 Å². The first kappa shape index (κ1) is 16.0. The van der Waals surface area contributed by atoms with Crippen LogP contribution in [0.1, 0.15) is 34.2 Å². The SMILES string of the molecule is Cc1ccc(CC(=O)N2CCC[C@H]2c2ccnc(N(C)C)c2)s1. The Labute approximate surface area is 141 Å².